The molecule has 0 aliphatic carbocycles. The highest BCUT2D eigenvalue weighted by molar-refractivity contribution is 5.72. The summed E-state index contributed by atoms with van der Waals surface area (Å²) in [4.78, 5) is 22.5. The van der Waals surface area contributed by atoms with Gasteiger partial charge in [0.1, 0.15) is 5.52 Å². The summed E-state index contributed by atoms with van der Waals surface area (Å²) in [7, 11) is 0. The Hall–Kier alpha value is -2.04. The Kier molecular flexibility index (Phi) is 2.06. The molecule has 0 saturated heterocycles. The van der Waals surface area contributed by atoms with E-state index < -0.39 is 5.97 Å². The molecule has 0 aliphatic rings. The summed E-state index contributed by atoms with van der Waals surface area (Å²) in [6.07, 6.45) is 2.94. The minimum atomic E-state index is -0.914. The Labute approximate surface area is 79.5 Å². The Morgan fingerprint density at radius 2 is 2.29 bits per heavy atom. The molecule has 0 saturated carbocycles. The Bertz CT molecular complexity index is 484. The van der Waals surface area contributed by atoms with E-state index in [1.165, 1.54) is 6.20 Å². The van der Waals surface area contributed by atoms with Crippen LogP contribution in [-0.2, 0) is 11.2 Å². The van der Waals surface area contributed by atoms with Gasteiger partial charge in [-0.05, 0) is 12.1 Å². The second-order valence-electron chi connectivity index (χ2n) is 2.78. The molecule has 0 fully saturated rings. The summed E-state index contributed by atoms with van der Waals surface area (Å²) in [6.45, 7) is 0. The summed E-state index contributed by atoms with van der Waals surface area (Å²) in [5.74, 6) is -0.914. The number of carboxylic acids is 1. The van der Waals surface area contributed by atoms with Gasteiger partial charge >= 0.3 is 5.97 Å². The molecule has 0 aliphatic heterocycles. The van der Waals surface area contributed by atoms with E-state index in [4.69, 9.17) is 5.11 Å². The molecule has 2 heterocycles. The summed E-state index contributed by atoms with van der Waals surface area (Å²) in [5.41, 5.74) is 1.59. The normalized spacial score (nSPS) is 10.3. The van der Waals surface area contributed by atoms with E-state index in [0.29, 0.717) is 16.9 Å². The third-order valence-corrected chi connectivity index (χ3v) is 1.70. The van der Waals surface area contributed by atoms with Crippen molar-refractivity contribution in [3.63, 3.8) is 0 Å². The molecule has 0 aromatic carbocycles. The number of pyridine rings is 1. The fraction of sp³-hybridized carbons (Fsp3) is 0.111. The molecule has 70 valence electrons. The van der Waals surface area contributed by atoms with Gasteiger partial charge < -0.3 is 5.11 Å². The molecule has 0 atom stereocenters. The maximum Gasteiger partial charge on any atom is 0.309 e. The summed E-state index contributed by atoms with van der Waals surface area (Å²) in [5, 5.41) is 8.56. The molecule has 2 aromatic rings. The number of rotatable bonds is 2. The van der Waals surface area contributed by atoms with Crippen LogP contribution in [0.4, 0.5) is 0 Å². The second kappa shape index (κ2) is 3.37. The molecular weight excluding hydrogens is 182 g/mol. The molecule has 2 aromatic heterocycles. The summed E-state index contributed by atoms with van der Waals surface area (Å²) < 4.78 is 0. The van der Waals surface area contributed by atoms with Crippen molar-refractivity contribution in [2.45, 2.75) is 6.42 Å². The van der Waals surface area contributed by atoms with Crippen LogP contribution in [0.15, 0.2) is 24.5 Å². The third kappa shape index (κ3) is 1.66. The van der Waals surface area contributed by atoms with Crippen LogP contribution in [0.5, 0.6) is 0 Å². The van der Waals surface area contributed by atoms with Gasteiger partial charge in [0.05, 0.1) is 18.3 Å². The van der Waals surface area contributed by atoms with Crippen LogP contribution in [0.25, 0.3) is 11.2 Å². The number of hydrogen-bond donors (Lipinski definition) is 1. The number of aromatic nitrogens is 3. The second-order valence-corrected chi connectivity index (χ2v) is 2.78. The van der Waals surface area contributed by atoms with Gasteiger partial charge in [0.15, 0.2) is 5.65 Å². The number of nitrogens with zero attached hydrogens (tertiary/aromatic N) is 3. The lowest BCUT2D eigenvalue weighted by atomic mass is 10.3. The maximum absolute atomic E-state index is 10.4. The van der Waals surface area contributed by atoms with Gasteiger partial charge in [0.25, 0.3) is 0 Å². The zero-order chi connectivity index (χ0) is 9.97. The van der Waals surface area contributed by atoms with Crippen molar-refractivity contribution in [1.29, 1.82) is 0 Å². The van der Waals surface area contributed by atoms with Gasteiger partial charge in [0, 0.05) is 6.20 Å². The quantitative estimate of drug-likeness (QED) is 0.750. The minimum Gasteiger partial charge on any atom is -0.481 e. The predicted octanol–water partition coefficient (Wildman–Crippen LogP) is 0.652. The van der Waals surface area contributed by atoms with Gasteiger partial charge in [-0.25, -0.2) is 15.0 Å². The zero-order valence-electron chi connectivity index (χ0n) is 7.21. The van der Waals surface area contributed by atoms with Crippen molar-refractivity contribution in [2.24, 2.45) is 0 Å². The smallest absolute Gasteiger partial charge is 0.309 e. The molecule has 5 nitrogen and oxygen atoms in total. The highest BCUT2D eigenvalue weighted by atomic mass is 16.4. The molecule has 0 unspecified atom stereocenters. The van der Waals surface area contributed by atoms with E-state index in [2.05, 4.69) is 15.0 Å². The Morgan fingerprint density at radius 3 is 3.07 bits per heavy atom. The van der Waals surface area contributed by atoms with Crippen molar-refractivity contribution < 1.29 is 9.90 Å². The predicted molar refractivity (Wildman–Crippen MR) is 48.7 cm³/mol. The lowest BCUT2D eigenvalue weighted by molar-refractivity contribution is -0.136. The van der Waals surface area contributed by atoms with E-state index in [1.54, 1.807) is 18.3 Å². The average Bonchev–Trinajstić information content (AvgIpc) is 2.17. The molecule has 0 radical (unpaired) electrons. The SMILES string of the molecule is O=C(O)Cc1cnc2ncccc2n1. The van der Waals surface area contributed by atoms with Crippen molar-refractivity contribution in [1.82, 2.24) is 15.0 Å². The van der Waals surface area contributed by atoms with E-state index in [-0.39, 0.29) is 6.42 Å². The third-order valence-electron chi connectivity index (χ3n) is 1.70. The number of aliphatic carboxylic acids is 1. The molecule has 0 amide bonds. The van der Waals surface area contributed by atoms with E-state index in [1.807, 2.05) is 0 Å². The van der Waals surface area contributed by atoms with Crippen molar-refractivity contribution in [2.75, 3.05) is 0 Å². The first-order valence-electron chi connectivity index (χ1n) is 4.04. The van der Waals surface area contributed by atoms with Crippen molar-refractivity contribution in [3.8, 4) is 0 Å². The standard InChI is InChI=1S/C9H7N3O2/c13-8(14)4-6-5-11-9-7(12-6)2-1-3-10-9/h1-3,5H,4H2,(H,13,14). The lowest BCUT2D eigenvalue weighted by Crippen LogP contribution is -2.03. The van der Waals surface area contributed by atoms with Crippen LogP contribution < -0.4 is 0 Å². The average molecular weight is 189 g/mol. The summed E-state index contributed by atoms with van der Waals surface area (Å²) >= 11 is 0. The summed E-state index contributed by atoms with van der Waals surface area (Å²) in [6, 6.07) is 3.49. The number of carboxylic acid groups (broad SMARTS) is 1. The molecule has 5 heteroatoms. The Balaban J connectivity index is 2.46. The molecule has 1 N–H and O–H groups in total. The largest absolute Gasteiger partial charge is 0.481 e. The van der Waals surface area contributed by atoms with Crippen LogP contribution in [0.1, 0.15) is 5.69 Å². The van der Waals surface area contributed by atoms with E-state index in [9.17, 15) is 4.79 Å². The van der Waals surface area contributed by atoms with Gasteiger partial charge in [0.2, 0.25) is 0 Å². The van der Waals surface area contributed by atoms with Crippen molar-refractivity contribution in [3.05, 3.63) is 30.2 Å². The minimum absolute atomic E-state index is 0.113. The van der Waals surface area contributed by atoms with Crippen LogP contribution >= 0.6 is 0 Å². The molecular formula is C9H7N3O2. The van der Waals surface area contributed by atoms with Crippen LogP contribution in [0, 0.1) is 0 Å². The highest BCUT2D eigenvalue weighted by Gasteiger charge is 2.03. The maximum atomic E-state index is 10.4. The number of hydrogen-bond acceptors (Lipinski definition) is 4. The lowest BCUT2D eigenvalue weighted by Gasteiger charge is -1.97. The molecule has 0 spiro atoms. The zero-order valence-corrected chi connectivity index (χ0v) is 7.21. The highest BCUT2D eigenvalue weighted by Crippen LogP contribution is 2.05. The van der Waals surface area contributed by atoms with Crippen LogP contribution in [-0.4, -0.2) is 26.0 Å². The van der Waals surface area contributed by atoms with Crippen LogP contribution in [0.2, 0.25) is 0 Å². The van der Waals surface area contributed by atoms with Gasteiger partial charge in [-0.2, -0.15) is 0 Å². The van der Waals surface area contributed by atoms with Gasteiger partial charge in [-0.15, -0.1) is 0 Å². The van der Waals surface area contributed by atoms with Gasteiger partial charge in [-0.3, -0.25) is 4.79 Å². The first-order valence-corrected chi connectivity index (χ1v) is 4.04. The fourth-order valence-electron chi connectivity index (χ4n) is 1.13. The monoisotopic (exact) mass is 189 g/mol. The van der Waals surface area contributed by atoms with Crippen LogP contribution in [0.3, 0.4) is 0 Å². The first kappa shape index (κ1) is 8.55. The van der Waals surface area contributed by atoms with Gasteiger partial charge in [-0.1, -0.05) is 0 Å². The Morgan fingerprint density at radius 1 is 1.43 bits per heavy atom. The molecule has 0 bridgehead atoms. The topological polar surface area (TPSA) is 76.0 Å². The van der Waals surface area contributed by atoms with E-state index in [0.717, 1.165) is 0 Å². The first-order chi connectivity index (χ1) is 6.75. The number of carbonyl (C=O) groups is 1. The molecule has 14 heavy (non-hydrogen) atoms. The van der Waals surface area contributed by atoms with E-state index >= 15 is 0 Å². The molecule has 2 rings (SSSR count). The number of fused-ring (bicyclic) bond motifs is 1. The van der Waals surface area contributed by atoms with Crippen molar-refractivity contribution >= 4 is 17.1 Å². The fourth-order valence-corrected chi connectivity index (χ4v) is 1.13.